The van der Waals surface area contributed by atoms with Crippen molar-refractivity contribution in [2.45, 2.75) is 6.54 Å². The van der Waals surface area contributed by atoms with Gasteiger partial charge in [-0.25, -0.2) is 0 Å². The molecule has 1 saturated heterocycles. The van der Waals surface area contributed by atoms with Gasteiger partial charge in [-0.2, -0.15) is 0 Å². The summed E-state index contributed by atoms with van der Waals surface area (Å²) in [6.07, 6.45) is 1.59. The van der Waals surface area contributed by atoms with E-state index in [9.17, 15) is 14.4 Å². The molecule has 148 valence electrons. The van der Waals surface area contributed by atoms with Crippen LogP contribution in [0, 0.1) is 0 Å². The number of carbonyl (C=O) groups excluding carboxylic acids is 2. The van der Waals surface area contributed by atoms with Gasteiger partial charge in [-0.05, 0) is 17.7 Å². The minimum Gasteiger partial charge on any atom is -0.358 e. The molecule has 0 saturated carbocycles. The fourth-order valence-electron chi connectivity index (χ4n) is 3.17. The van der Waals surface area contributed by atoms with E-state index in [0.717, 1.165) is 5.56 Å². The molecule has 7 nitrogen and oxygen atoms in total. The van der Waals surface area contributed by atoms with Crippen LogP contribution >= 0.6 is 11.6 Å². The molecule has 0 radical (unpaired) electrons. The summed E-state index contributed by atoms with van der Waals surface area (Å²) in [4.78, 5) is 40.3. The number of hydrogen-bond acceptors (Lipinski definition) is 4. The molecule has 0 bridgehead atoms. The molecule has 0 atom stereocenters. The lowest BCUT2D eigenvalue weighted by molar-refractivity contribution is -0.122. The van der Waals surface area contributed by atoms with Gasteiger partial charge in [0.15, 0.2) is 0 Å². The van der Waals surface area contributed by atoms with E-state index in [2.05, 4.69) is 5.32 Å². The zero-order valence-corrected chi connectivity index (χ0v) is 16.5. The van der Waals surface area contributed by atoms with Crippen molar-refractivity contribution in [3.63, 3.8) is 0 Å². The number of nitrogens with one attached hydrogen (secondary N) is 1. The lowest BCUT2D eigenvalue weighted by Gasteiger charge is -2.34. The van der Waals surface area contributed by atoms with Gasteiger partial charge >= 0.3 is 0 Å². The first-order valence-electron chi connectivity index (χ1n) is 9.14. The molecule has 3 rings (SSSR count). The summed E-state index contributed by atoms with van der Waals surface area (Å²) in [6, 6.07) is 10.3. The third-order valence-electron chi connectivity index (χ3n) is 4.83. The van der Waals surface area contributed by atoms with E-state index >= 15 is 0 Å². The number of hydrogen-bond donors (Lipinski definition) is 1. The van der Waals surface area contributed by atoms with Gasteiger partial charge in [0.25, 0.3) is 11.5 Å². The van der Waals surface area contributed by atoms with Crippen LogP contribution in [-0.2, 0) is 11.3 Å². The molecule has 1 aliphatic rings. The lowest BCUT2D eigenvalue weighted by atomic mass is 10.2. The Balaban J connectivity index is 1.69. The highest BCUT2D eigenvalue weighted by atomic mass is 35.5. The summed E-state index contributed by atoms with van der Waals surface area (Å²) in [5, 5.41) is 3.19. The molecule has 0 spiro atoms. The fourth-order valence-corrected chi connectivity index (χ4v) is 3.36. The second-order valence-corrected chi connectivity index (χ2v) is 7.12. The highest BCUT2D eigenvalue weighted by molar-refractivity contribution is 6.31. The highest BCUT2D eigenvalue weighted by Gasteiger charge is 2.23. The Morgan fingerprint density at radius 2 is 1.79 bits per heavy atom. The van der Waals surface area contributed by atoms with E-state index in [1.165, 1.54) is 10.6 Å². The molecule has 1 aromatic heterocycles. The van der Waals surface area contributed by atoms with Gasteiger partial charge < -0.3 is 14.8 Å². The van der Waals surface area contributed by atoms with Gasteiger partial charge in [-0.3, -0.25) is 19.3 Å². The van der Waals surface area contributed by atoms with Gasteiger partial charge in [0.05, 0.1) is 18.7 Å². The van der Waals surface area contributed by atoms with Gasteiger partial charge in [-0.15, -0.1) is 0 Å². The van der Waals surface area contributed by atoms with Crippen molar-refractivity contribution in [3.05, 3.63) is 69.1 Å². The standard InChI is InChI=1S/C20H23ClN4O3/c1-22-18(26)14-23-8-10-24(11-9-23)20(28)16-6-7-19(27)25(13-16)12-15-4-2-3-5-17(15)21/h2-7,13H,8-12,14H2,1H3,(H,22,26). The maximum atomic E-state index is 12.9. The number of carbonyl (C=O) groups is 2. The first-order valence-corrected chi connectivity index (χ1v) is 9.52. The topological polar surface area (TPSA) is 74.7 Å². The number of aromatic nitrogens is 1. The summed E-state index contributed by atoms with van der Waals surface area (Å²) in [5.41, 5.74) is 1.09. The number of pyridine rings is 1. The van der Waals surface area contributed by atoms with Gasteiger partial charge in [-0.1, -0.05) is 29.8 Å². The van der Waals surface area contributed by atoms with Gasteiger partial charge in [0.2, 0.25) is 5.91 Å². The van der Waals surface area contributed by atoms with Crippen LogP contribution in [0.5, 0.6) is 0 Å². The minimum absolute atomic E-state index is 0.0357. The summed E-state index contributed by atoms with van der Waals surface area (Å²) >= 11 is 6.19. The Labute approximate surface area is 168 Å². The van der Waals surface area contributed by atoms with Crippen LogP contribution in [0.1, 0.15) is 15.9 Å². The first kappa shape index (κ1) is 20.1. The van der Waals surface area contributed by atoms with Crippen molar-refractivity contribution in [1.29, 1.82) is 0 Å². The third kappa shape index (κ3) is 4.79. The predicted octanol–water partition coefficient (Wildman–Crippen LogP) is 1.05. The predicted molar refractivity (Wildman–Crippen MR) is 108 cm³/mol. The van der Waals surface area contributed by atoms with Crippen molar-refractivity contribution in [2.24, 2.45) is 0 Å². The van der Waals surface area contributed by atoms with Crippen molar-refractivity contribution < 1.29 is 9.59 Å². The van der Waals surface area contributed by atoms with E-state index in [-0.39, 0.29) is 17.4 Å². The Morgan fingerprint density at radius 1 is 1.07 bits per heavy atom. The van der Waals surface area contributed by atoms with Crippen LogP contribution < -0.4 is 10.9 Å². The maximum Gasteiger partial charge on any atom is 0.255 e. The summed E-state index contributed by atoms with van der Waals surface area (Å²) < 4.78 is 1.50. The molecular formula is C20H23ClN4O3. The maximum absolute atomic E-state index is 12.9. The highest BCUT2D eigenvalue weighted by Crippen LogP contribution is 2.16. The van der Waals surface area contributed by atoms with Crippen molar-refractivity contribution in [3.8, 4) is 0 Å². The molecule has 2 amide bonds. The summed E-state index contributed by atoms with van der Waals surface area (Å²) in [7, 11) is 1.61. The fraction of sp³-hybridized carbons (Fsp3) is 0.350. The Hall–Kier alpha value is -2.64. The second-order valence-electron chi connectivity index (χ2n) is 6.72. The molecule has 2 heterocycles. The number of amides is 2. The van der Waals surface area contributed by atoms with Crippen molar-refractivity contribution in [2.75, 3.05) is 39.8 Å². The number of nitrogens with zero attached hydrogens (tertiary/aromatic N) is 3. The van der Waals surface area contributed by atoms with Gasteiger partial charge in [0, 0.05) is 50.5 Å². The largest absolute Gasteiger partial charge is 0.358 e. The Morgan fingerprint density at radius 3 is 2.46 bits per heavy atom. The molecule has 0 unspecified atom stereocenters. The second kappa shape index (κ2) is 9.03. The lowest BCUT2D eigenvalue weighted by Crippen LogP contribution is -2.51. The van der Waals surface area contributed by atoms with Crippen LogP contribution in [0.3, 0.4) is 0 Å². The summed E-state index contributed by atoms with van der Waals surface area (Å²) in [6.45, 7) is 3.00. The molecule has 8 heteroatoms. The molecule has 1 aromatic carbocycles. The van der Waals surface area contributed by atoms with Crippen LogP contribution in [0.2, 0.25) is 5.02 Å². The molecule has 2 aromatic rings. The average Bonchev–Trinajstić information content (AvgIpc) is 2.71. The Kier molecular flexibility index (Phi) is 6.49. The van der Waals surface area contributed by atoms with Crippen LogP contribution in [-0.4, -0.2) is 66.0 Å². The SMILES string of the molecule is CNC(=O)CN1CCN(C(=O)c2ccc(=O)n(Cc3ccccc3Cl)c2)CC1. The van der Waals surface area contributed by atoms with Crippen LogP contribution in [0.25, 0.3) is 0 Å². The monoisotopic (exact) mass is 402 g/mol. The zero-order valence-electron chi connectivity index (χ0n) is 15.7. The van der Waals surface area contributed by atoms with Crippen molar-refractivity contribution in [1.82, 2.24) is 19.7 Å². The third-order valence-corrected chi connectivity index (χ3v) is 5.20. The smallest absolute Gasteiger partial charge is 0.255 e. The summed E-state index contributed by atoms with van der Waals surface area (Å²) in [5.74, 6) is -0.154. The van der Waals surface area contributed by atoms with Crippen LogP contribution in [0.15, 0.2) is 47.4 Å². The number of likely N-dealkylation sites (N-methyl/N-ethyl adjacent to an activating group) is 1. The minimum atomic E-state index is -0.188. The number of rotatable bonds is 5. The van der Waals surface area contributed by atoms with E-state index in [1.807, 2.05) is 23.1 Å². The van der Waals surface area contributed by atoms with E-state index in [0.29, 0.717) is 49.9 Å². The Bertz CT molecular complexity index is 920. The number of piperazine rings is 1. The van der Waals surface area contributed by atoms with Gasteiger partial charge in [0.1, 0.15) is 0 Å². The van der Waals surface area contributed by atoms with E-state index in [4.69, 9.17) is 11.6 Å². The number of halogens is 1. The van der Waals surface area contributed by atoms with E-state index < -0.39 is 0 Å². The molecule has 0 aliphatic carbocycles. The van der Waals surface area contributed by atoms with Crippen LogP contribution in [0.4, 0.5) is 0 Å². The molecular weight excluding hydrogens is 380 g/mol. The van der Waals surface area contributed by atoms with Crippen molar-refractivity contribution >= 4 is 23.4 Å². The molecule has 1 fully saturated rings. The first-order chi connectivity index (χ1) is 13.5. The molecule has 1 N–H and O–H groups in total. The quantitative estimate of drug-likeness (QED) is 0.811. The number of benzene rings is 1. The normalized spacial score (nSPS) is 14.7. The van der Waals surface area contributed by atoms with E-state index in [1.54, 1.807) is 30.3 Å². The molecule has 28 heavy (non-hydrogen) atoms. The average molecular weight is 403 g/mol. The molecule has 1 aliphatic heterocycles. The zero-order chi connectivity index (χ0) is 20.1.